The Balaban J connectivity index is 2.24. The lowest BCUT2D eigenvalue weighted by Gasteiger charge is -2.16. The van der Waals surface area contributed by atoms with Crippen LogP contribution in [0.1, 0.15) is 45.1 Å². The maximum absolute atomic E-state index is 13.4. The Morgan fingerprint density at radius 1 is 1.41 bits per heavy atom. The third-order valence-electron chi connectivity index (χ3n) is 4.01. The largest absolute Gasteiger partial charge is 0.295 e. The van der Waals surface area contributed by atoms with Gasteiger partial charge in [0.1, 0.15) is 5.82 Å². The molecule has 22 heavy (non-hydrogen) atoms. The normalized spacial score (nSPS) is 23.5. The molecular formula is C20H23FO. The first kappa shape index (κ1) is 16.4. The number of Topliss-reactive ketones (excluding diaryl/α,β-unsaturated/α-hetero) is 1. The maximum atomic E-state index is 13.4. The summed E-state index contributed by atoms with van der Waals surface area (Å²) >= 11 is 0. The molecule has 2 unspecified atom stereocenters. The summed E-state index contributed by atoms with van der Waals surface area (Å²) in [5.41, 5.74) is 2.88. The van der Waals surface area contributed by atoms with Gasteiger partial charge in [0.25, 0.3) is 0 Å². The molecule has 2 atom stereocenters. The van der Waals surface area contributed by atoms with Crippen molar-refractivity contribution in [3.8, 4) is 0 Å². The second-order valence-electron chi connectivity index (χ2n) is 6.17. The molecule has 0 fully saturated rings. The predicted molar refractivity (Wildman–Crippen MR) is 89.2 cm³/mol. The molecule has 0 aliphatic heterocycles. The molecule has 0 N–H and O–H groups in total. The molecule has 1 aliphatic carbocycles. The van der Waals surface area contributed by atoms with E-state index >= 15 is 0 Å². The van der Waals surface area contributed by atoms with Gasteiger partial charge in [-0.15, -0.1) is 0 Å². The summed E-state index contributed by atoms with van der Waals surface area (Å²) in [6, 6.07) is 6.76. The second-order valence-corrected chi connectivity index (χ2v) is 6.17. The Bertz CT molecular complexity index is 637. The maximum Gasteiger partial charge on any atom is 0.159 e. The standard InChI is InChI=1S/C20H23FO/c1-14-6-4-8-19(16(3)22)12-17(10-14)11-15(2)18-7-5-9-20(21)13-18/h4-5,7-10,12-15H,6,11H2,1-3H3/b8-4+,17-10?,19-12+. The van der Waals surface area contributed by atoms with Crippen LogP contribution in [0.5, 0.6) is 0 Å². The first-order valence-corrected chi connectivity index (χ1v) is 7.81. The van der Waals surface area contributed by atoms with Crippen LogP contribution >= 0.6 is 0 Å². The zero-order valence-electron chi connectivity index (χ0n) is 13.5. The number of ketones is 1. The number of rotatable bonds is 4. The number of benzene rings is 1. The third-order valence-corrected chi connectivity index (χ3v) is 4.01. The van der Waals surface area contributed by atoms with E-state index in [0.717, 1.165) is 29.6 Å². The minimum Gasteiger partial charge on any atom is -0.295 e. The van der Waals surface area contributed by atoms with Crippen molar-refractivity contribution in [3.63, 3.8) is 0 Å². The van der Waals surface area contributed by atoms with Crippen LogP contribution in [0.4, 0.5) is 4.39 Å². The molecule has 0 saturated heterocycles. The molecule has 0 spiro atoms. The van der Waals surface area contributed by atoms with Crippen LogP contribution in [0, 0.1) is 11.7 Å². The average molecular weight is 298 g/mol. The van der Waals surface area contributed by atoms with Crippen LogP contribution in [0.3, 0.4) is 0 Å². The molecule has 0 radical (unpaired) electrons. The van der Waals surface area contributed by atoms with Crippen LogP contribution in [0.2, 0.25) is 0 Å². The van der Waals surface area contributed by atoms with Crippen LogP contribution in [0.25, 0.3) is 0 Å². The summed E-state index contributed by atoms with van der Waals surface area (Å²) in [4.78, 5) is 11.7. The number of halogens is 1. The first-order chi connectivity index (χ1) is 10.5. The Morgan fingerprint density at radius 2 is 2.18 bits per heavy atom. The van der Waals surface area contributed by atoms with E-state index < -0.39 is 0 Å². The summed E-state index contributed by atoms with van der Waals surface area (Å²) in [5, 5.41) is 0. The van der Waals surface area contributed by atoms with E-state index in [4.69, 9.17) is 0 Å². The van der Waals surface area contributed by atoms with Gasteiger partial charge in [-0.3, -0.25) is 4.79 Å². The third kappa shape index (κ3) is 4.52. The highest BCUT2D eigenvalue weighted by Crippen LogP contribution is 2.27. The number of carbonyl (C=O) groups is 1. The molecule has 1 nitrogen and oxygen atoms in total. The van der Waals surface area contributed by atoms with E-state index in [0.29, 0.717) is 5.92 Å². The van der Waals surface area contributed by atoms with Crippen molar-refractivity contribution in [2.45, 2.75) is 39.5 Å². The summed E-state index contributed by atoms with van der Waals surface area (Å²) < 4.78 is 13.4. The van der Waals surface area contributed by atoms with E-state index in [-0.39, 0.29) is 17.5 Å². The van der Waals surface area contributed by atoms with Gasteiger partial charge in [-0.25, -0.2) is 4.39 Å². The molecule has 116 valence electrons. The topological polar surface area (TPSA) is 17.1 Å². The molecule has 0 heterocycles. The molecule has 1 aliphatic rings. The fraction of sp³-hybridized carbons (Fsp3) is 0.350. The van der Waals surface area contributed by atoms with Crippen molar-refractivity contribution in [2.24, 2.45) is 5.92 Å². The van der Waals surface area contributed by atoms with Crippen molar-refractivity contribution in [2.75, 3.05) is 0 Å². The predicted octanol–water partition coefficient (Wildman–Crippen LogP) is 5.36. The molecule has 2 rings (SSSR count). The quantitative estimate of drug-likeness (QED) is 0.731. The van der Waals surface area contributed by atoms with E-state index in [1.54, 1.807) is 19.1 Å². The lowest BCUT2D eigenvalue weighted by Crippen LogP contribution is -2.02. The van der Waals surface area contributed by atoms with Gasteiger partial charge in [0.15, 0.2) is 5.78 Å². The zero-order chi connectivity index (χ0) is 16.1. The van der Waals surface area contributed by atoms with Crippen molar-refractivity contribution in [3.05, 3.63) is 71.1 Å². The minimum absolute atomic E-state index is 0.0788. The minimum atomic E-state index is -0.202. The van der Waals surface area contributed by atoms with E-state index in [9.17, 15) is 9.18 Å². The summed E-state index contributed by atoms with van der Waals surface area (Å²) in [5.74, 6) is 0.528. The molecular weight excluding hydrogens is 275 g/mol. The Morgan fingerprint density at radius 3 is 2.86 bits per heavy atom. The smallest absolute Gasteiger partial charge is 0.159 e. The highest BCUT2D eigenvalue weighted by atomic mass is 19.1. The highest BCUT2D eigenvalue weighted by Gasteiger charge is 2.12. The molecule has 0 aromatic heterocycles. The fourth-order valence-electron chi connectivity index (χ4n) is 2.77. The van der Waals surface area contributed by atoms with Crippen molar-refractivity contribution in [1.82, 2.24) is 0 Å². The van der Waals surface area contributed by atoms with Gasteiger partial charge in [0.05, 0.1) is 0 Å². The van der Waals surface area contributed by atoms with E-state index in [1.807, 2.05) is 18.2 Å². The number of allylic oxidation sites excluding steroid dienone is 6. The van der Waals surface area contributed by atoms with Crippen LogP contribution in [-0.4, -0.2) is 5.78 Å². The average Bonchev–Trinajstić information content (AvgIpc) is 2.43. The Labute approximate surface area is 132 Å². The van der Waals surface area contributed by atoms with Crippen molar-refractivity contribution in [1.29, 1.82) is 0 Å². The first-order valence-electron chi connectivity index (χ1n) is 7.81. The van der Waals surface area contributed by atoms with Gasteiger partial charge >= 0.3 is 0 Å². The molecule has 0 amide bonds. The summed E-state index contributed by atoms with van der Waals surface area (Å²) in [6.07, 6.45) is 9.91. The second kappa shape index (κ2) is 7.35. The van der Waals surface area contributed by atoms with Gasteiger partial charge < -0.3 is 0 Å². The fourth-order valence-corrected chi connectivity index (χ4v) is 2.77. The van der Waals surface area contributed by atoms with Crippen LogP contribution in [0.15, 0.2) is 59.7 Å². The summed E-state index contributed by atoms with van der Waals surface area (Å²) in [6.45, 7) is 5.86. The van der Waals surface area contributed by atoms with Crippen molar-refractivity contribution >= 4 is 5.78 Å². The molecule has 0 bridgehead atoms. The lowest BCUT2D eigenvalue weighted by molar-refractivity contribution is -0.113. The molecule has 2 heteroatoms. The van der Waals surface area contributed by atoms with Crippen LogP contribution in [-0.2, 0) is 4.79 Å². The molecule has 1 aromatic rings. The number of hydrogen-bond acceptors (Lipinski definition) is 1. The summed E-state index contributed by atoms with van der Waals surface area (Å²) in [7, 11) is 0. The van der Waals surface area contributed by atoms with Gasteiger partial charge in [-0.2, -0.15) is 0 Å². The Hall–Kier alpha value is -1.96. The zero-order valence-corrected chi connectivity index (χ0v) is 13.5. The van der Waals surface area contributed by atoms with E-state index in [2.05, 4.69) is 26.0 Å². The molecule has 0 saturated carbocycles. The number of carbonyl (C=O) groups excluding carboxylic acids is 1. The van der Waals surface area contributed by atoms with Crippen molar-refractivity contribution < 1.29 is 9.18 Å². The van der Waals surface area contributed by atoms with Gasteiger partial charge in [-0.05, 0) is 55.4 Å². The highest BCUT2D eigenvalue weighted by molar-refractivity contribution is 5.96. The SMILES string of the molecule is CC(=O)C1=C/C(CC(C)c2cccc(F)c2)=CC(C)C\C=C\1. The lowest BCUT2D eigenvalue weighted by atomic mass is 9.89. The van der Waals surface area contributed by atoms with Crippen LogP contribution < -0.4 is 0 Å². The Kier molecular flexibility index (Phi) is 5.48. The van der Waals surface area contributed by atoms with E-state index in [1.165, 1.54) is 6.07 Å². The van der Waals surface area contributed by atoms with Gasteiger partial charge in [0, 0.05) is 5.57 Å². The number of hydrogen-bond donors (Lipinski definition) is 0. The molecule has 1 aromatic carbocycles. The van der Waals surface area contributed by atoms with Gasteiger partial charge in [-0.1, -0.05) is 49.8 Å². The monoisotopic (exact) mass is 298 g/mol. The van der Waals surface area contributed by atoms with Gasteiger partial charge in [0.2, 0.25) is 0 Å².